The number of aliphatic hydroxyl groups is 1. The van der Waals surface area contributed by atoms with E-state index in [-0.39, 0.29) is 12.4 Å². The molecule has 1 atom stereocenters. The summed E-state index contributed by atoms with van der Waals surface area (Å²) in [6, 6.07) is 20.2. The maximum absolute atomic E-state index is 11.3. The van der Waals surface area contributed by atoms with Gasteiger partial charge in [0.05, 0.1) is 12.7 Å². The first-order valence-corrected chi connectivity index (χ1v) is 12.8. The van der Waals surface area contributed by atoms with Gasteiger partial charge in [-0.3, -0.25) is 9.59 Å². The average Bonchev–Trinajstić information content (AvgIpc) is 2.91. The van der Waals surface area contributed by atoms with E-state index in [1.165, 1.54) is 13.0 Å². The highest BCUT2D eigenvalue weighted by atomic mass is 16.5. The Morgan fingerprint density at radius 3 is 2.50 bits per heavy atom. The second kappa shape index (κ2) is 14.8. The van der Waals surface area contributed by atoms with Gasteiger partial charge in [0.1, 0.15) is 18.1 Å². The maximum Gasteiger partial charge on any atom is 0.302 e. The molecule has 0 saturated carbocycles. The lowest BCUT2D eigenvalue weighted by molar-refractivity contribution is -0.142. The number of ether oxygens (including phenoxy) is 2. The molecule has 0 unspecified atom stereocenters. The van der Waals surface area contributed by atoms with Gasteiger partial charge in [-0.05, 0) is 85.3 Å². The molecule has 0 spiro atoms. The highest BCUT2D eigenvalue weighted by Gasteiger charge is 2.11. The van der Waals surface area contributed by atoms with Crippen molar-refractivity contribution in [2.75, 3.05) is 19.7 Å². The van der Waals surface area contributed by atoms with Crippen molar-refractivity contribution in [3.8, 4) is 11.5 Å². The van der Waals surface area contributed by atoms with Crippen LogP contribution in [0.2, 0.25) is 0 Å². The van der Waals surface area contributed by atoms with Crippen molar-refractivity contribution in [1.29, 1.82) is 0 Å². The molecule has 8 heteroatoms. The first-order valence-electron chi connectivity index (χ1n) is 12.8. The van der Waals surface area contributed by atoms with Gasteiger partial charge >= 0.3 is 5.97 Å². The lowest BCUT2D eigenvalue weighted by Gasteiger charge is -2.14. The number of phenolic OH excluding ortho intramolecular Hbond substituents is 1. The number of carbonyl (C=O) groups is 2. The first-order chi connectivity index (χ1) is 18.3. The monoisotopic (exact) mass is 520 g/mol. The molecule has 0 radical (unpaired) electrons. The molecule has 5 N–H and O–H groups in total. The number of rotatable bonds is 15. The standard InChI is InChI=1S/C30H36N2O6/c1-21(33)38-20-26-18-24(10-13-28(26)34)29(35)19-32-15-14-22-8-11-27(12-9-22)37-16-3-2-5-23-6-4-7-25(17-23)30(31)36/h4,6-13,17-18,29,32,34-35H,2-3,5,14-16,19-20H2,1H3,(H2,31,36)/t29-/m0/s1. The van der Waals surface area contributed by atoms with E-state index in [1.54, 1.807) is 18.2 Å². The van der Waals surface area contributed by atoms with Crippen molar-refractivity contribution in [3.05, 3.63) is 94.5 Å². The van der Waals surface area contributed by atoms with E-state index in [0.717, 1.165) is 42.6 Å². The van der Waals surface area contributed by atoms with E-state index in [1.807, 2.05) is 42.5 Å². The number of nitrogens with two attached hydrogens (primary N) is 1. The minimum atomic E-state index is -0.755. The predicted octanol–water partition coefficient (Wildman–Crippen LogP) is 3.82. The van der Waals surface area contributed by atoms with Crippen LogP contribution in [0.4, 0.5) is 0 Å². The third kappa shape index (κ3) is 9.53. The third-order valence-electron chi connectivity index (χ3n) is 6.11. The first kappa shape index (κ1) is 28.7. The van der Waals surface area contributed by atoms with Crippen LogP contribution in [0, 0.1) is 0 Å². The van der Waals surface area contributed by atoms with Crippen LogP contribution in [-0.2, 0) is 29.0 Å². The molecule has 202 valence electrons. The molecule has 0 heterocycles. The number of esters is 1. The fourth-order valence-electron chi connectivity index (χ4n) is 3.95. The van der Waals surface area contributed by atoms with Gasteiger partial charge < -0.3 is 30.7 Å². The molecule has 0 aliphatic rings. The molecule has 8 nitrogen and oxygen atoms in total. The van der Waals surface area contributed by atoms with Crippen molar-refractivity contribution < 1.29 is 29.3 Å². The number of carbonyl (C=O) groups excluding carboxylic acids is 2. The fourth-order valence-corrected chi connectivity index (χ4v) is 3.95. The summed E-state index contributed by atoms with van der Waals surface area (Å²) in [5.41, 5.74) is 9.21. The van der Waals surface area contributed by atoms with Crippen LogP contribution in [0.1, 0.15) is 58.5 Å². The van der Waals surface area contributed by atoms with E-state index in [0.29, 0.717) is 36.4 Å². The third-order valence-corrected chi connectivity index (χ3v) is 6.11. The Balaban J connectivity index is 1.32. The van der Waals surface area contributed by atoms with Crippen molar-refractivity contribution in [2.45, 2.75) is 45.3 Å². The number of aromatic hydroxyl groups is 1. The summed E-state index contributed by atoms with van der Waals surface area (Å²) in [6.07, 6.45) is 2.77. The van der Waals surface area contributed by atoms with Gasteiger partial charge in [-0.25, -0.2) is 0 Å². The molecule has 38 heavy (non-hydrogen) atoms. The Morgan fingerprint density at radius 2 is 1.76 bits per heavy atom. The number of aryl methyl sites for hydroxylation is 1. The lowest BCUT2D eigenvalue weighted by Crippen LogP contribution is -2.23. The summed E-state index contributed by atoms with van der Waals surface area (Å²) in [7, 11) is 0. The molecular formula is C30H36N2O6. The Labute approximate surface area is 223 Å². The van der Waals surface area contributed by atoms with Crippen molar-refractivity contribution in [3.63, 3.8) is 0 Å². The van der Waals surface area contributed by atoms with E-state index >= 15 is 0 Å². The second-order valence-corrected chi connectivity index (χ2v) is 9.15. The quantitative estimate of drug-likeness (QED) is 0.177. The van der Waals surface area contributed by atoms with Gasteiger partial charge in [0.25, 0.3) is 0 Å². The number of unbranched alkanes of at least 4 members (excludes halogenated alkanes) is 1. The molecule has 0 aliphatic carbocycles. The summed E-state index contributed by atoms with van der Waals surface area (Å²) in [4.78, 5) is 22.3. The van der Waals surface area contributed by atoms with Crippen molar-refractivity contribution in [2.24, 2.45) is 5.73 Å². The zero-order valence-electron chi connectivity index (χ0n) is 21.7. The Kier molecular flexibility index (Phi) is 11.1. The van der Waals surface area contributed by atoms with Gasteiger partial charge in [-0.15, -0.1) is 0 Å². The summed E-state index contributed by atoms with van der Waals surface area (Å²) >= 11 is 0. The van der Waals surface area contributed by atoms with E-state index in [4.69, 9.17) is 15.2 Å². The smallest absolute Gasteiger partial charge is 0.302 e. The van der Waals surface area contributed by atoms with Gasteiger partial charge in [-0.2, -0.15) is 0 Å². The number of hydrogen-bond acceptors (Lipinski definition) is 7. The summed E-state index contributed by atoms with van der Waals surface area (Å²) in [5, 5.41) is 23.6. The largest absolute Gasteiger partial charge is 0.508 e. The van der Waals surface area contributed by atoms with E-state index in [9.17, 15) is 19.8 Å². The zero-order chi connectivity index (χ0) is 27.3. The molecule has 1 amide bonds. The number of primary amides is 1. The predicted molar refractivity (Wildman–Crippen MR) is 145 cm³/mol. The minimum Gasteiger partial charge on any atom is -0.508 e. The number of benzene rings is 3. The van der Waals surface area contributed by atoms with E-state index < -0.39 is 18.0 Å². The van der Waals surface area contributed by atoms with Crippen LogP contribution in [0.25, 0.3) is 0 Å². The number of phenols is 1. The minimum absolute atomic E-state index is 0.0231. The number of nitrogens with one attached hydrogen (secondary N) is 1. The Hall–Kier alpha value is -3.88. The highest BCUT2D eigenvalue weighted by Crippen LogP contribution is 2.23. The zero-order valence-corrected chi connectivity index (χ0v) is 21.7. The van der Waals surface area contributed by atoms with E-state index in [2.05, 4.69) is 5.32 Å². The topological polar surface area (TPSA) is 131 Å². The molecule has 0 fully saturated rings. The normalized spacial score (nSPS) is 11.6. The number of aliphatic hydroxyl groups excluding tert-OH is 1. The Morgan fingerprint density at radius 1 is 0.974 bits per heavy atom. The molecule has 0 saturated heterocycles. The van der Waals surface area contributed by atoms with Gasteiger partial charge in [0, 0.05) is 24.6 Å². The average molecular weight is 521 g/mol. The maximum atomic E-state index is 11.3. The SMILES string of the molecule is CC(=O)OCc1cc([C@@H](O)CNCCc2ccc(OCCCCc3cccc(C(N)=O)c3)cc2)ccc1O. The molecular weight excluding hydrogens is 484 g/mol. The fraction of sp³-hybridized carbons (Fsp3) is 0.333. The van der Waals surface area contributed by atoms with Crippen LogP contribution < -0.4 is 15.8 Å². The highest BCUT2D eigenvalue weighted by molar-refractivity contribution is 5.92. The van der Waals surface area contributed by atoms with Gasteiger partial charge in [-0.1, -0.05) is 30.3 Å². The molecule has 3 aromatic carbocycles. The molecule has 0 aliphatic heterocycles. The lowest BCUT2D eigenvalue weighted by atomic mass is 10.1. The number of amides is 1. The van der Waals surface area contributed by atoms with Crippen LogP contribution in [-0.4, -0.2) is 41.8 Å². The summed E-state index contributed by atoms with van der Waals surface area (Å²) in [5.74, 6) is 0.00583. The van der Waals surface area contributed by atoms with Crippen molar-refractivity contribution >= 4 is 11.9 Å². The van der Waals surface area contributed by atoms with Gasteiger partial charge in [0.2, 0.25) is 5.91 Å². The molecule has 3 rings (SSSR count). The molecule has 0 bridgehead atoms. The Bertz CT molecular complexity index is 1200. The van der Waals surface area contributed by atoms with Crippen molar-refractivity contribution in [1.82, 2.24) is 5.32 Å². The summed E-state index contributed by atoms with van der Waals surface area (Å²) in [6.45, 7) is 2.92. The molecule has 0 aromatic heterocycles. The van der Waals surface area contributed by atoms with Crippen LogP contribution in [0.5, 0.6) is 11.5 Å². The van der Waals surface area contributed by atoms with Crippen LogP contribution >= 0.6 is 0 Å². The van der Waals surface area contributed by atoms with Crippen LogP contribution in [0.3, 0.4) is 0 Å². The summed E-state index contributed by atoms with van der Waals surface area (Å²) < 4.78 is 10.8. The van der Waals surface area contributed by atoms with Crippen LogP contribution in [0.15, 0.2) is 66.7 Å². The second-order valence-electron chi connectivity index (χ2n) is 9.15. The molecule has 3 aromatic rings. The number of hydrogen-bond donors (Lipinski definition) is 4. The van der Waals surface area contributed by atoms with Gasteiger partial charge in [0.15, 0.2) is 0 Å².